The monoisotopic (exact) mass is 324 g/mol. The number of ether oxygens (including phenoxy) is 1. The Morgan fingerprint density at radius 2 is 1.65 bits per heavy atom. The lowest BCUT2D eigenvalue weighted by molar-refractivity contribution is -0.0498. The molecule has 0 saturated heterocycles. The molecule has 2 aromatic carbocycles. The molecule has 120 valence electrons. The molecule has 0 heterocycles. The van der Waals surface area contributed by atoms with Crippen molar-refractivity contribution < 1.29 is 27.5 Å². The molecule has 3 amide bonds. The van der Waals surface area contributed by atoms with Gasteiger partial charge in [-0.15, -0.1) is 0 Å². The topological polar surface area (TPSA) is 67.4 Å². The molecule has 23 heavy (non-hydrogen) atoms. The number of halogens is 3. The van der Waals surface area contributed by atoms with Crippen molar-refractivity contribution in [2.45, 2.75) is 6.61 Å². The minimum Gasteiger partial charge on any atom is -0.435 e. The number of hydrogen-bond acceptors (Lipinski definition) is 3. The van der Waals surface area contributed by atoms with Crippen LogP contribution in [0.25, 0.3) is 0 Å². The van der Waals surface area contributed by atoms with Gasteiger partial charge in [0, 0.05) is 5.69 Å². The second-order valence-electron chi connectivity index (χ2n) is 4.29. The summed E-state index contributed by atoms with van der Waals surface area (Å²) in [4.78, 5) is 23.4. The smallest absolute Gasteiger partial charge is 0.387 e. The fourth-order valence-electron chi connectivity index (χ4n) is 1.70. The first-order valence-electron chi connectivity index (χ1n) is 6.37. The van der Waals surface area contributed by atoms with Crippen LogP contribution in [0.3, 0.4) is 0 Å². The molecule has 0 saturated carbocycles. The normalized spacial score (nSPS) is 10.3. The molecule has 0 unspecified atom stereocenters. The van der Waals surface area contributed by atoms with E-state index in [-0.39, 0.29) is 17.0 Å². The van der Waals surface area contributed by atoms with E-state index in [0.29, 0.717) is 0 Å². The predicted molar refractivity (Wildman–Crippen MR) is 76.0 cm³/mol. The molecule has 2 N–H and O–H groups in total. The van der Waals surface area contributed by atoms with Gasteiger partial charge in [0.25, 0.3) is 5.91 Å². The third-order valence-corrected chi connectivity index (χ3v) is 2.68. The maximum Gasteiger partial charge on any atom is 0.387 e. The lowest BCUT2D eigenvalue weighted by atomic mass is 10.2. The van der Waals surface area contributed by atoms with Crippen LogP contribution in [0.5, 0.6) is 5.75 Å². The molecule has 5 nitrogen and oxygen atoms in total. The molecule has 0 bridgehead atoms. The summed E-state index contributed by atoms with van der Waals surface area (Å²) in [5, 5.41) is 4.26. The molecule has 0 aliphatic rings. The van der Waals surface area contributed by atoms with Gasteiger partial charge in [0.05, 0.1) is 5.56 Å². The molecule has 2 aromatic rings. The molecular formula is C15H11F3N2O3. The first kappa shape index (κ1) is 16.3. The Morgan fingerprint density at radius 1 is 1.00 bits per heavy atom. The number of amides is 3. The van der Waals surface area contributed by atoms with Crippen LogP contribution in [0.15, 0.2) is 48.5 Å². The second-order valence-corrected chi connectivity index (χ2v) is 4.29. The number of imide groups is 1. The molecule has 2 rings (SSSR count). The van der Waals surface area contributed by atoms with Crippen molar-refractivity contribution in [2.24, 2.45) is 0 Å². The zero-order chi connectivity index (χ0) is 16.8. The number of hydrogen-bond donors (Lipinski definition) is 2. The van der Waals surface area contributed by atoms with Crippen LogP contribution < -0.4 is 15.4 Å². The van der Waals surface area contributed by atoms with Gasteiger partial charge in [0.1, 0.15) is 11.6 Å². The van der Waals surface area contributed by atoms with E-state index >= 15 is 0 Å². The number of rotatable bonds is 4. The second kappa shape index (κ2) is 7.30. The average molecular weight is 324 g/mol. The standard InChI is InChI=1S/C15H11F3N2O3/c16-12-4-2-1-3-11(12)13(21)20-15(22)19-9-5-7-10(8-6-9)23-14(17)18/h1-8,14H,(H2,19,20,21,22). The van der Waals surface area contributed by atoms with Gasteiger partial charge >= 0.3 is 12.6 Å². The van der Waals surface area contributed by atoms with Gasteiger partial charge in [-0.2, -0.15) is 8.78 Å². The van der Waals surface area contributed by atoms with Crippen LogP contribution in [-0.2, 0) is 0 Å². The van der Waals surface area contributed by atoms with E-state index in [4.69, 9.17) is 0 Å². The van der Waals surface area contributed by atoms with Gasteiger partial charge in [-0.3, -0.25) is 10.1 Å². The van der Waals surface area contributed by atoms with E-state index in [1.165, 1.54) is 42.5 Å². The Balaban J connectivity index is 1.94. The minimum atomic E-state index is -2.95. The van der Waals surface area contributed by atoms with Crippen molar-refractivity contribution in [3.63, 3.8) is 0 Å². The lowest BCUT2D eigenvalue weighted by Gasteiger charge is -2.08. The first-order valence-corrected chi connectivity index (χ1v) is 6.37. The van der Waals surface area contributed by atoms with Crippen LogP contribution in [0.4, 0.5) is 23.7 Å². The number of alkyl halides is 2. The summed E-state index contributed by atoms with van der Waals surface area (Å²) in [5.41, 5.74) is -0.0335. The first-order chi connectivity index (χ1) is 11.0. The van der Waals surface area contributed by atoms with Gasteiger partial charge in [-0.1, -0.05) is 12.1 Å². The summed E-state index contributed by atoms with van der Waals surface area (Å²) in [6.45, 7) is -2.95. The van der Waals surface area contributed by atoms with Crippen LogP contribution in [-0.4, -0.2) is 18.5 Å². The van der Waals surface area contributed by atoms with Crippen LogP contribution >= 0.6 is 0 Å². The Labute approximate surface area is 129 Å². The molecule has 0 spiro atoms. The van der Waals surface area contributed by atoms with E-state index < -0.39 is 24.4 Å². The maximum atomic E-state index is 13.4. The highest BCUT2D eigenvalue weighted by Gasteiger charge is 2.14. The number of carbonyl (C=O) groups is 2. The fraction of sp³-hybridized carbons (Fsp3) is 0.0667. The number of benzene rings is 2. The molecule has 0 aliphatic heterocycles. The van der Waals surface area contributed by atoms with Gasteiger partial charge in [-0.25, -0.2) is 9.18 Å². The zero-order valence-corrected chi connectivity index (χ0v) is 11.6. The number of carbonyl (C=O) groups excluding carboxylic acids is 2. The van der Waals surface area contributed by atoms with Crippen molar-refractivity contribution >= 4 is 17.6 Å². The molecule has 0 radical (unpaired) electrons. The van der Waals surface area contributed by atoms with E-state index in [9.17, 15) is 22.8 Å². The third-order valence-electron chi connectivity index (χ3n) is 2.68. The molecule has 0 atom stereocenters. The van der Waals surface area contributed by atoms with Crippen LogP contribution in [0, 0.1) is 5.82 Å². The highest BCUT2D eigenvalue weighted by atomic mass is 19.3. The predicted octanol–water partition coefficient (Wildman–Crippen LogP) is 3.39. The molecule has 0 aromatic heterocycles. The van der Waals surface area contributed by atoms with Gasteiger partial charge in [-0.05, 0) is 36.4 Å². The van der Waals surface area contributed by atoms with Crippen LogP contribution in [0.2, 0.25) is 0 Å². The Morgan fingerprint density at radius 3 is 2.26 bits per heavy atom. The van der Waals surface area contributed by atoms with Gasteiger partial charge in [0.15, 0.2) is 0 Å². The number of urea groups is 1. The summed E-state index contributed by atoms with van der Waals surface area (Å²) in [6.07, 6.45) is 0. The average Bonchev–Trinajstić information content (AvgIpc) is 2.49. The maximum absolute atomic E-state index is 13.4. The number of anilines is 1. The highest BCUT2D eigenvalue weighted by Crippen LogP contribution is 2.17. The van der Waals surface area contributed by atoms with Crippen molar-refractivity contribution in [3.8, 4) is 5.75 Å². The SMILES string of the molecule is O=C(NC(=O)c1ccccc1F)Nc1ccc(OC(F)F)cc1. The van der Waals surface area contributed by atoms with Crippen molar-refractivity contribution in [1.82, 2.24) is 5.32 Å². The van der Waals surface area contributed by atoms with E-state index in [2.05, 4.69) is 10.1 Å². The van der Waals surface area contributed by atoms with Gasteiger partial charge in [0.2, 0.25) is 0 Å². The minimum absolute atomic E-state index is 0.0756. The molecule has 0 aliphatic carbocycles. The fourth-order valence-corrected chi connectivity index (χ4v) is 1.70. The lowest BCUT2D eigenvalue weighted by Crippen LogP contribution is -2.34. The van der Waals surface area contributed by atoms with Crippen molar-refractivity contribution in [2.75, 3.05) is 5.32 Å². The van der Waals surface area contributed by atoms with E-state index in [1.54, 1.807) is 0 Å². The summed E-state index contributed by atoms with van der Waals surface area (Å²) in [5.74, 6) is -1.74. The van der Waals surface area contributed by atoms with Crippen molar-refractivity contribution in [3.05, 3.63) is 59.9 Å². The molecular weight excluding hydrogens is 313 g/mol. The molecule has 0 fully saturated rings. The Bertz CT molecular complexity index is 705. The largest absolute Gasteiger partial charge is 0.435 e. The third kappa shape index (κ3) is 4.73. The Hall–Kier alpha value is -3.03. The van der Waals surface area contributed by atoms with Gasteiger partial charge < -0.3 is 10.1 Å². The summed E-state index contributed by atoms with van der Waals surface area (Å²) in [6, 6.07) is 9.37. The Kier molecular flexibility index (Phi) is 5.19. The van der Waals surface area contributed by atoms with E-state index in [0.717, 1.165) is 6.07 Å². The highest BCUT2D eigenvalue weighted by molar-refractivity contribution is 6.08. The summed E-state index contributed by atoms with van der Waals surface area (Å²) >= 11 is 0. The quantitative estimate of drug-likeness (QED) is 0.906. The van der Waals surface area contributed by atoms with Crippen LogP contribution in [0.1, 0.15) is 10.4 Å². The summed E-state index contributed by atoms with van der Waals surface area (Å²) < 4.78 is 41.5. The molecule has 8 heteroatoms. The van der Waals surface area contributed by atoms with E-state index in [1.807, 2.05) is 5.32 Å². The zero-order valence-electron chi connectivity index (χ0n) is 11.6. The van der Waals surface area contributed by atoms with Crippen molar-refractivity contribution in [1.29, 1.82) is 0 Å². The summed E-state index contributed by atoms with van der Waals surface area (Å²) in [7, 11) is 0. The number of nitrogens with one attached hydrogen (secondary N) is 2.